The van der Waals surface area contributed by atoms with Crippen LogP contribution in [-0.4, -0.2) is 29.8 Å². The molecule has 0 atom stereocenters. The summed E-state index contributed by atoms with van der Waals surface area (Å²) >= 11 is 1.15. The molecule has 0 spiro atoms. The zero-order valence-corrected chi connectivity index (χ0v) is 14.3. The second-order valence-electron chi connectivity index (χ2n) is 5.50. The monoisotopic (exact) mass is 331 g/mol. The predicted molar refractivity (Wildman–Crippen MR) is 92.8 cm³/mol. The van der Waals surface area contributed by atoms with E-state index in [1.807, 2.05) is 0 Å². The number of Topliss-reactive ketones (excluding diaryl/α,β-unsaturated/α-hetero) is 2. The van der Waals surface area contributed by atoms with Gasteiger partial charge in [-0.1, -0.05) is 44.0 Å². The molecule has 1 aromatic carbocycles. The van der Waals surface area contributed by atoms with E-state index in [2.05, 4.69) is 12.2 Å². The number of allylic oxidation sites excluding steroid dienone is 2. The number of nitrogens with one attached hydrogen (secondary N) is 1. The first-order valence-corrected chi connectivity index (χ1v) is 8.83. The van der Waals surface area contributed by atoms with Gasteiger partial charge in [0.25, 0.3) is 0 Å². The Balaban J connectivity index is 2.00. The fourth-order valence-corrected chi connectivity index (χ4v) is 3.37. The highest BCUT2D eigenvalue weighted by molar-refractivity contribution is 8.04. The Morgan fingerprint density at radius 2 is 1.74 bits per heavy atom. The van der Waals surface area contributed by atoms with E-state index in [0.29, 0.717) is 28.1 Å². The number of ketones is 2. The van der Waals surface area contributed by atoms with Crippen molar-refractivity contribution in [1.29, 1.82) is 0 Å². The van der Waals surface area contributed by atoms with Crippen LogP contribution in [0.4, 0.5) is 0 Å². The van der Waals surface area contributed by atoms with E-state index in [-0.39, 0.29) is 23.2 Å². The van der Waals surface area contributed by atoms with Crippen LogP contribution in [0.5, 0.6) is 0 Å². The number of rotatable bonds is 7. The summed E-state index contributed by atoms with van der Waals surface area (Å²) in [6, 6.07) is 6.82. The number of unbranched alkanes of at least 4 members (excludes halogenated alkanes) is 2. The SMILES string of the molecule is CCCCCNC(=O)CSC1=C(C)C(=O)c2ccccc2C1=O. The van der Waals surface area contributed by atoms with Crippen LogP contribution in [0, 0.1) is 0 Å². The van der Waals surface area contributed by atoms with Crippen LogP contribution < -0.4 is 5.32 Å². The minimum absolute atomic E-state index is 0.106. The molecule has 0 aliphatic heterocycles. The van der Waals surface area contributed by atoms with E-state index in [9.17, 15) is 14.4 Å². The number of fused-ring (bicyclic) bond motifs is 1. The molecule has 1 amide bonds. The van der Waals surface area contributed by atoms with Crippen molar-refractivity contribution in [3.8, 4) is 0 Å². The molecular weight excluding hydrogens is 310 g/mol. The smallest absolute Gasteiger partial charge is 0.230 e. The lowest BCUT2D eigenvalue weighted by Crippen LogP contribution is -2.27. The molecule has 0 radical (unpaired) electrons. The Labute approximate surface area is 140 Å². The van der Waals surface area contributed by atoms with Crippen molar-refractivity contribution in [2.45, 2.75) is 33.1 Å². The van der Waals surface area contributed by atoms with Crippen molar-refractivity contribution in [1.82, 2.24) is 5.32 Å². The number of carbonyl (C=O) groups is 3. The highest BCUT2D eigenvalue weighted by atomic mass is 32.2. The summed E-state index contributed by atoms with van der Waals surface area (Å²) < 4.78 is 0. The molecule has 0 fully saturated rings. The van der Waals surface area contributed by atoms with E-state index >= 15 is 0 Å². The topological polar surface area (TPSA) is 63.2 Å². The summed E-state index contributed by atoms with van der Waals surface area (Å²) in [5.74, 6) is -0.252. The Kier molecular flexibility index (Phi) is 6.16. The second-order valence-corrected chi connectivity index (χ2v) is 6.49. The molecule has 0 saturated heterocycles. The first-order chi connectivity index (χ1) is 11.1. The molecule has 0 heterocycles. The third-order valence-corrected chi connectivity index (χ3v) is 4.94. The van der Waals surface area contributed by atoms with Gasteiger partial charge in [-0.2, -0.15) is 0 Å². The van der Waals surface area contributed by atoms with E-state index in [4.69, 9.17) is 0 Å². The van der Waals surface area contributed by atoms with Crippen LogP contribution in [-0.2, 0) is 4.79 Å². The number of benzene rings is 1. The summed E-state index contributed by atoms with van der Waals surface area (Å²) in [5.41, 5.74) is 1.30. The van der Waals surface area contributed by atoms with Gasteiger partial charge in [0, 0.05) is 23.2 Å². The lowest BCUT2D eigenvalue weighted by Gasteiger charge is -2.18. The third-order valence-electron chi connectivity index (χ3n) is 3.75. The molecule has 0 bridgehead atoms. The van der Waals surface area contributed by atoms with E-state index < -0.39 is 0 Å². The number of carbonyl (C=O) groups excluding carboxylic acids is 3. The lowest BCUT2D eigenvalue weighted by molar-refractivity contribution is -0.118. The van der Waals surface area contributed by atoms with Gasteiger partial charge < -0.3 is 5.32 Å². The average Bonchev–Trinajstić information content (AvgIpc) is 2.56. The lowest BCUT2D eigenvalue weighted by atomic mass is 9.90. The molecule has 2 rings (SSSR count). The summed E-state index contributed by atoms with van der Waals surface area (Å²) in [6.07, 6.45) is 3.15. The summed E-state index contributed by atoms with van der Waals surface area (Å²) in [7, 11) is 0. The molecule has 0 aromatic heterocycles. The van der Waals surface area contributed by atoms with Crippen LogP contribution in [0.15, 0.2) is 34.7 Å². The van der Waals surface area contributed by atoms with Gasteiger partial charge in [0.1, 0.15) is 0 Å². The van der Waals surface area contributed by atoms with Gasteiger partial charge in [0.2, 0.25) is 11.7 Å². The van der Waals surface area contributed by atoms with Gasteiger partial charge >= 0.3 is 0 Å². The highest BCUT2D eigenvalue weighted by Crippen LogP contribution is 2.32. The van der Waals surface area contributed by atoms with Crippen molar-refractivity contribution in [2.24, 2.45) is 0 Å². The quantitative estimate of drug-likeness (QED) is 0.778. The van der Waals surface area contributed by atoms with E-state index in [0.717, 1.165) is 31.0 Å². The molecule has 0 unspecified atom stereocenters. The molecule has 1 aliphatic carbocycles. The van der Waals surface area contributed by atoms with Crippen LogP contribution in [0.2, 0.25) is 0 Å². The Morgan fingerprint density at radius 1 is 1.09 bits per heavy atom. The van der Waals surface area contributed by atoms with Gasteiger partial charge in [0.05, 0.1) is 10.7 Å². The van der Waals surface area contributed by atoms with Gasteiger partial charge in [-0.05, 0) is 13.3 Å². The molecular formula is C18H21NO3S. The maximum atomic E-state index is 12.5. The molecule has 1 aromatic rings. The van der Waals surface area contributed by atoms with Crippen LogP contribution in [0.25, 0.3) is 0 Å². The third kappa shape index (κ3) is 4.10. The highest BCUT2D eigenvalue weighted by Gasteiger charge is 2.30. The first-order valence-electron chi connectivity index (χ1n) is 7.85. The Morgan fingerprint density at radius 3 is 2.39 bits per heavy atom. The van der Waals surface area contributed by atoms with Gasteiger partial charge in [-0.15, -0.1) is 11.8 Å². The van der Waals surface area contributed by atoms with Crippen LogP contribution in [0.3, 0.4) is 0 Å². The molecule has 1 N–H and O–H groups in total. The minimum atomic E-state index is -0.165. The Hall–Kier alpha value is -1.88. The maximum Gasteiger partial charge on any atom is 0.230 e. The summed E-state index contributed by atoms with van der Waals surface area (Å²) in [6.45, 7) is 4.41. The normalized spacial score (nSPS) is 14.0. The standard InChI is InChI=1S/C18H21NO3S/c1-3-4-7-10-19-15(20)11-23-18-12(2)16(21)13-8-5-6-9-14(13)17(18)22/h5-6,8-9H,3-4,7,10-11H2,1-2H3,(H,19,20). The summed E-state index contributed by atoms with van der Waals surface area (Å²) in [5, 5.41) is 2.84. The maximum absolute atomic E-state index is 12.5. The zero-order valence-electron chi connectivity index (χ0n) is 13.5. The van der Waals surface area contributed by atoms with Crippen molar-refractivity contribution in [2.75, 3.05) is 12.3 Å². The summed E-state index contributed by atoms with van der Waals surface area (Å²) in [4.78, 5) is 37.1. The fourth-order valence-electron chi connectivity index (χ4n) is 2.44. The van der Waals surface area contributed by atoms with Gasteiger partial charge in [-0.3, -0.25) is 14.4 Å². The molecule has 0 saturated carbocycles. The van der Waals surface area contributed by atoms with E-state index in [1.54, 1.807) is 31.2 Å². The largest absolute Gasteiger partial charge is 0.355 e. The average molecular weight is 331 g/mol. The molecule has 4 nitrogen and oxygen atoms in total. The molecule has 1 aliphatic rings. The number of hydrogen-bond donors (Lipinski definition) is 1. The molecule has 5 heteroatoms. The van der Waals surface area contributed by atoms with Crippen molar-refractivity contribution < 1.29 is 14.4 Å². The van der Waals surface area contributed by atoms with Gasteiger partial charge in [-0.25, -0.2) is 0 Å². The predicted octanol–water partition coefficient (Wildman–Crippen LogP) is 3.38. The number of thioether (sulfide) groups is 1. The molecule has 122 valence electrons. The number of hydrogen-bond acceptors (Lipinski definition) is 4. The fraction of sp³-hybridized carbons (Fsp3) is 0.389. The van der Waals surface area contributed by atoms with Crippen molar-refractivity contribution in [3.05, 3.63) is 45.9 Å². The first kappa shape index (κ1) is 17.5. The van der Waals surface area contributed by atoms with Crippen molar-refractivity contribution >= 4 is 29.2 Å². The van der Waals surface area contributed by atoms with Crippen LogP contribution >= 0.6 is 11.8 Å². The number of amides is 1. The molecule has 23 heavy (non-hydrogen) atoms. The minimum Gasteiger partial charge on any atom is -0.355 e. The van der Waals surface area contributed by atoms with Crippen molar-refractivity contribution in [3.63, 3.8) is 0 Å². The Bertz CT molecular complexity index is 664. The van der Waals surface area contributed by atoms with E-state index in [1.165, 1.54) is 0 Å². The van der Waals surface area contributed by atoms with Gasteiger partial charge in [0.15, 0.2) is 5.78 Å². The zero-order chi connectivity index (χ0) is 16.8. The van der Waals surface area contributed by atoms with Crippen LogP contribution in [0.1, 0.15) is 53.8 Å². The second kappa shape index (κ2) is 8.11.